The summed E-state index contributed by atoms with van der Waals surface area (Å²) in [7, 11) is 6.62. The SMILES string of the molecule is Cc1nc(N(C)CC2(N(C)C)CCC2)sc1CNC1CC1. The first kappa shape index (κ1) is 15.3. The molecule has 2 aliphatic carbocycles. The molecule has 2 fully saturated rings. The number of hydrogen-bond donors (Lipinski definition) is 1. The Hall–Kier alpha value is -0.650. The van der Waals surface area contributed by atoms with Gasteiger partial charge in [0.25, 0.3) is 0 Å². The Balaban J connectivity index is 1.63. The van der Waals surface area contributed by atoms with Gasteiger partial charge in [-0.2, -0.15) is 0 Å². The first-order chi connectivity index (χ1) is 10.00. The molecule has 118 valence electrons. The summed E-state index contributed by atoms with van der Waals surface area (Å²) in [5.41, 5.74) is 1.56. The topological polar surface area (TPSA) is 31.4 Å². The lowest BCUT2D eigenvalue weighted by Crippen LogP contribution is -2.56. The molecular formula is C16H28N4S. The first-order valence-corrected chi connectivity index (χ1v) is 8.90. The molecule has 3 rings (SSSR count). The minimum absolute atomic E-state index is 0.362. The van der Waals surface area contributed by atoms with E-state index in [1.54, 1.807) is 0 Å². The fourth-order valence-corrected chi connectivity index (χ4v) is 4.08. The number of aryl methyl sites for hydroxylation is 1. The van der Waals surface area contributed by atoms with E-state index in [1.807, 2.05) is 11.3 Å². The summed E-state index contributed by atoms with van der Waals surface area (Å²) >= 11 is 1.86. The number of anilines is 1. The van der Waals surface area contributed by atoms with Gasteiger partial charge < -0.3 is 15.1 Å². The van der Waals surface area contributed by atoms with E-state index in [9.17, 15) is 0 Å². The van der Waals surface area contributed by atoms with Gasteiger partial charge in [-0.25, -0.2) is 4.98 Å². The highest BCUT2D eigenvalue weighted by atomic mass is 32.1. The number of nitrogens with one attached hydrogen (secondary N) is 1. The maximum atomic E-state index is 4.80. The van der Waals surface area contributed by atoms with Gasteiger partial charge in [0.15, 0.2) is 5.13 Å². The molecule has 0 saturated heterocycles. The molecular weight excluding hydrogens is 280 g/mol. The van der Waals surface area contributed by atoms with E-state index >= 15 is 0 Å². The third-order valence-corrected chi connectivity index (χ3v) is 6.37. The molecule has 2 aliphatic rings. The van der Waals surface area contributed by atoms with Gasteiger partial charge in [0, 0.05) is 36.6 Å². The van der Waals surface area contributed by atoms with Gasteiger partial charge in [-0.3, -0.25) is 0 Å². The van der Waals surface area contributed by atoms with Crippen LogP contribution in [0.3, 0.4) is 0 Å². The van der Waals surface area contributed by atoms with Crippen LogP contribution in [0.5, 0.6) is 0 Å². The Kier molecular flexibility index (Phi) is 4.26. The summed E-state index contributed by atoms with van der Waals surface area (Å²) in [6, 6.07) is 0.764. The summed E-state index contributed by atoms with van der Waals surface area (Å²) in [6.45, 7) is 4.21. The van der Waals surface area contributed by atoms with E-state index in [-0.39, 0.29) is 0 Å². The first-order valence-electron chi connectivity index (χ1n) is 8.08. The molecule has 1 aromatic heterocycles. The van der Waals surface area contributed by atoms with Crippen LogP contribution < -0.4 is 10.2 Å². The molecule has 0 atom stereocenters. The fourth-order valence-electron chi connectivity index (χ4n) is 3.11. The van der Waals surface area contributed by atoms with Crippen molar-refractivity contribution < 1.29 is 0 Å². The summed E-state index contributed by atoms with van der Waals surface area (Å²) < 4.78 is 0. The molecule has 2 saturated carbocycles. The summed E-state index contributed by atoms with van der Waals surface area (Å²) in [4.78, 5) is 11.0. The number of aromatic nitrogens is 1. The van der Waals surface area contributed by atoms with E-state index in [0.29, 0.717) is 5.54 Å². The minimum atomic E-state index is 0.362. The van der Waals surface area contributed by atoms with Crippen molar-refractivity contribution in [2.45, 2.75) is 57.2 Å². The number of hydrogen-bond acceptors (Lipinski definition) is 5. The zero-order valence-corrected chi connectivity index (χ0v) is 14.6. The van der Waals surface area contributed by atoms with Crippen LogP contribution in [0.25, 0.3) is 0 Å². The predicted octanol–water partition coefficient (Wildman–Crippen LogP) is 2.62. The van der Waals surface area contributed by atoms with E-state index in [4.69, 9.17) is 4.98 Å². The van der Waals surface area contributed by atoms with Crippen molar-refractivity contribution in [2.24, 2.45) is 0 Å². The summed E-state index contributed by atoms with van der Waals surface area (Å²) in [5.74, 6) is 0. The maximum absolute atomic E-state index is 4.80. The van der Waals surface area contributed by atoms with Gasteiger partial charge in [0.05, 0.1) is 5.69 Å². The highest BCUT2D eigenvalue weighted by Crippen LogP contribution is 2.38. The minimum Gasteiger partial charge on any atom is -0.349 e. The molecule has 0 spiro atoms. The van der Waals surface area contributed by atoms with Crippen molar-refractivity contribution in [1.29, 1.82) is 0 Å². The van der Waals surface area contributed by atoms with Crippen molar-refractivity contribution >= 4 is 16.5 Å². The van der Waals surface area contributed by atoms with E-state index in [0.717, 1.165) is 19.1 Å². The third kappa shape index (κ3) is 3.25. The van der Waals surface area contributed by atoms with Gasteiger partial charge >= 0.3 is 0 Å². The average Bonchev–Trinajstić information content (AvgIpc) is 3.14. The lowest BCUT2D eigenvalue weighted by molar-refractivity contribution is 0.0683. The van der Waals surface area contributed by atoms with Gasteiger partial charge in [-0.05, 0) is 53.1 Å². The average molecular weight is 308 g/mol. The van der Waals surface area contributed by atoms with Gasteiger partial charge in [0.1, 0.15) is 0 Å². The molecule has 0 amide bonds. The van der Waals surface area contributed by atoms with Crippen LogP contribution >= 0.6 is 11.3 Å². The Morgan fingerprint density at radius 2 is 2.00 bits per heavy atom. The maximum Gasteiger partial charge on any atom is 0.185 e. The zero-order valence-electron chi connectivity index (χ0n) is 13.8. The summed E-state index contributed by atoms with van der Waals surface area (Å²) in [6.07, 6.45) is 6.67. The summed E-state index contributed by atoms with van der Waals surface area (Å²) in [5, 5.41) is 4.77. The lowest BCUT2D eigenvalue weighted by atomic mass is 9.75. The van der Waals surface area contributed by atoms with E-state index < -0.39 is 0 Å². The molecule has 0 radical (unpaired) electrons. The second kappa shape index (κ2) is 5.86. The van der Waals surface area contributed by atoms with Gasteiger partial charge in [-0.1, -0.05) is 0 Å². The molecule has 1 N–H and O–H groups in total. The molecule has 5 heteroatoms. The fraction of sp³-hybridized carbons (Fsp3) is 0.812. The van der Waals surface area contributed by atoms with Crippen molar-refractivity contribution in [3.63, 3.8) is 0 Å². The monoisotopic (exact) mass is 308 g/mol. The van der Waals surface area contributed by atoms with E-state index in [1.165, 1.54) is 47.8 Å². The van der Waals surface area contributed by atoms with Crippen molar-refractivity contribution in [1.82, 2.24) is 15.2 Å². The van der Waals surface area contributed by atoms with Gasteiger partial charge in [0.2, 0.25) is 0 Å². The Morgan fingerprint density at radius 3 is 2.52 bits per heavy atom. The van der Waals surface area contributed by atoms with Crippen molar-refractivity contribution in [2.75, 3.05) is 32.6 Å². The van der Waals surface area contributed by atoms with Crippen LogP contribution in [0.4, 0.5) is 5.13 Å². The zero-order chi connectivity index (χ0) is 15.0. The van der Waals surface area contributed by atoms with Crippen molar-refractivity contribution in [3.05, 3.63) is 10.6 Å². The number of thiazole rings is 1. The molecule has 0 bridgehead atoms. The van der Waals surface area contributed by atoms with Crippen LogP contribution in [0.2, 0.25) is 0 Å². The molecule has 4 nitrogen and oxygen atoms in total. The Labute approximate surface area is 132 Å². The number of likely N-dealkylation sites (N-methyl/N-ethyl adjacent to an activating group) is 2. The van der Waals surface area contributed by atoms with Gasteiger partial charge in [-0.15, -0.1) is 11.3 Å². The predicted molar refractivity (Wildman–Crippen MR) is 90.3 cm³/mol. The Bertz CT molecular complexity index is 488. The molecule has 0 aromatic carbocycles. The smallest absolute Gasteiger partial charge is 0.185 e. The molecule has 0 aliphatic heterocycles. The van der Waals surface area contributed by atoms with Crippen LogP contribution in [0.1, 0.15) is 42.7 Å². The quantitative estimate of drug-likeness (QED) is 0.839. The van der Waals surface area contributed by atoms with E-state index in [2.05, 4.69) is 43.2 Å². The lowest BCUT2D eigenvalue weighted by Gasteiger charge is -2.49. The largest absolute Gasteiger partial charge is 0.349 e. The normalized spacial score (nSPS) is 20.6. The highest BCUT2D eigenvalue weighted by molar-refractivity contribution is 7.15. The standard InChI is InChI=1S/C16H28N4S/c1-12-14(10-17-13-6-7-13)21-15(18-12)20(4)11-16(19(2)3)8-5-9-16/h13,17H,5-11H2,1-4H3. The number of rotatable bonds is 7. The molecule has 1 aromatic rings. The highest BCUT2D eigenvalue weighted by Gasteiger charge is 2.40. The second-order valence-corrected chi connectivity index (χ2v) is 8.05. The second-order valence-electron chi connectivity index (χ2n) is 6.99. The Morgan fingerprint density at radius 1 is 1.29 bits per heavy atom. The van der Waals surface area contributed by atoms with Crippen LogP contribution in [0.15, 0.2) is 0 Å². The van der Waals surface area contributed by atoms with Crippen LogP contribution in [-0.2, 0) is 6.54 Å². The number of nitrogens with zero attached hydrogens (tertiary/aromatic N) is 3. The molecule has 21 heavy (non-hydrogen) atoms. The molecule has 1 heterocycles. The van der Waals surface area contributed by atoms with Crippen LogP contribution in [0, 0.1) is 6.92 Å². The molecule has 0 unspecified atom stereocenters. The van der Waals surface area contributed by atoms with Crippen molar-refractivity contribution in [3.8, 4) is 0 Å². The van der Waals surface area contributed by atoms with Crippen LogP contribution in [-0.4, -0.2) is 49.2 Å². The third-order valence-electron chi connectivity index (χ3n) is 5.10.